The van der Waals surface area contributed by atoms with E-state index in [1.165, 1.54) is 17.0 Å². The number of imide groups is 2. The Morgan fingerprint density at radius 3 is 2.39 bits per heavy atom. The molecule has 36 heavy (non-hydrogen) atoms. The minimum absolute atomic E-state index is 0.00792. The van der Waals surface area contributed by atoms with E-state index in [-0.39, 0.29) is 35.7 Å². The van der Waals surface area contributed by atoms with Crippen LogP contribution in [-0.4, -0.2) is 59.3 Å². The van der Waals surface area contributed by atoms with Crippen molar-refractivity contribution in [2.75, 3.05) is 5.45 Å². The number of aromatic hydroxyl groups is 1. The van der Waals surface area contributed by atoms with Gasteiger partial charge in [-0.15, -0.1) is 23.2 Å². The first-order chi connectivity index (χ1) is 16.7. The number of amides is 4. The summed E-state index contributed by atoms with van der Waals surface area (Å²) in [6, 6.07) is 3.86. The van der Waals surface area contributed by atoms with Crippen LogP contribution in [0.4, 0.5) is 4.39 Å². The summed E-state index contributed by atoms with van der Waals surface area (Å²) in [5.41, 5.74) is -0.439. The van der Waals surface area contributed by atoms with Crippen LogP contribution in [0.15, 0.2) is 29.8 Å². The summed E-state index contributed by atoms with van der Waals surface area (Å²) in [6.45, 7) is 5.30. The lowest BCUT2D eigenvalue weighted by Crippen LogP contribution is -2.60. The van der Waals surface area contributed by atoms with Gasteiger partial charge >= 0.3 is 0 Å². The number of nitrogens with zero attached hydrogens (tertiary/aromatic N) is 2. The average molecular weight is 602 g/mol. The first-order valence-electron chi connectivity index (χ1n) is 11.6. The molecule has 1 saturated carbocycles. The molecular formula is C25H24BrCl2FN2O5. The highest BCUT2D eigenvalue weighted by molar-refractivity contribution is 9.09. The van der Waals surface area contributed by atoms with Crippen LogP contribution in [0.3, 0.4) is 0 Å². The van der Waals surface area contributed by atoms with Crippen molar-refractivity contribution in [1.29, 1.82) is 0 Å². The minimum atomic E-state index is -2.09. The molecule has 0 spiro atoms. The van der Waals surface area contributed by atoms with E-state index in [1.54, 1.807) is 26.8 Å². The third kappa shape index (κ3) is 3.02. The van der Waals surface area contributed by atoms with E-state index in [0.717, 1.165) is 11.0 Å². The van der Waals surface area contributed by atoms with Gasteiger partial charge in [0, 0.05) is 17.0 Å². The van der Waals surface area contributed by atoms with Gasteiger partial charge in [-0.25, -0.2) is 4.39 Å². The largest absolute Gasteiger partial charge is 0.505 e. The summed E-state index contributed by atoms with van der Waals surface area (Å²) in [7, 11) is 0. The van der Waals surface area contributed by atoms with Crippen molar-refractivity contribution in [3.8, 4) is 5.75 Å². The highest BCUT2D eigenvalue weighted by Gasteiger charge is 2.76. The number of carbonyl (C=O) groups is 4. The maximum absolute atomic E-state index is 14.5. The number of alkyl halides is 3. The number of para-hydroxylation sites is 1. The molecule has 6 atom stereocenters. The molecule has 4 amide bonds. The molecular weight excluding hydrogens is 578 g/mol. The number of benzene rings is 1. The van der Waals surface area contributed by atoms with Crippen LogP contribution in [0.5, 0.6) is 5.75 Å². The molecule has 7 nitrogen and oxygen atoms in total. The second-order valence-electron chi connectivity index (χ2n) is 10.8. The molecule has 2 heterocycles. The molecule has 2 saturated heterocycles. The van der Waals surface area contributed by atoms with Gasteiger partial charge in [0.15, 0.2) is 21.3 Å². The van der Waals surface area contributed by atoms with Gasteiger partial charge in [-0.2, -0.15) is 0 Å². The topological polar surface area (TPSA) is 95.0 Å². The molecule has 1 aromatic carbocycles. The number of phenols is 1. The molecule has 0 unspecified atom stereocenters. The number of allylic oxidation sites excluding steroid dienone is 2. The number of fused-ring (bicyclic) bond motifs is 4. The number of carbonyl (C=O) groups excluding carboxylic acids is 4. The number of phenolic OH excluding ortho intramolecular Hbond substituents is 1. The van der Waals surface area contributed by atoms with E-state index in [4.69, 9.17) is 23.2 Å². The number of rotatable bonds is 2. The van der Waals surface area contributed by atoms with Crippen molar-refractivity contribution in [1.82, 2.24) is 9.80 Å². The highest BCUT2D eigenvalue weighted by Crippen LogP contribution is 2.66. The third-order valence-corrected chi connectivity index (χ3v) is 9.93. The average Bonchev–Trinajstić information content (AvgIpc) is 3.14. The molecule has 3 fully saturated rings. The van der Waals surface area contributed by atoms with E-state index in [9.17, 15) is 28.7 Å². The van der Waals surface area contributed by atoms with Gasteiger partial charge < -0.3 is 5.11 Å². The fourth-order valence-corrected chi connectivity index (χ4v) is 7.94. The Morgan fingerprint density at radius 2 is 1.78 bits per heavy atom. The van der Waals surface area contributed by atoms with Crippen molar-refractivity contribution < 1.29 is 28.7 Å². The normalized spacial score (nSPS) is 36.1. The first-order valence-corrected chi connectivity index (χ1v) is 13.4. The van der Waals surface area contributed by atoms with E-state index >= 15 is 0 Å². The molecule has 192 valence electrons. The summed E-state index contributed by atoms with van der Waals surface area (Å²) >= 11 is 17.2. The van der Waals surface area contributed by atoms with Gasteiger partial charge in [0.05, 0.1) is 17.3 Å². The Kier molecular flexibility index (Phi) is 5.71. The first kappa shape index (κ1) is 25.7. The Morgan fingerprint density at radius 1 is 1.11 bits per heavy atom. The van der Waals surface area contributed by atoms with Crippen molar-refractivity contribution in [3.63, 3.8) is 0 Å². The van der Waals surface area contributed by atoms with Gasteiger partial charge in [-0.05, 0) is 45.6 Å². The summed E-state index contributed by atoms with van der Waals surface area (Å²) < 4.78 is 14.5. The molecule has 0 radical (unpaired) electrons. The second kappa shape index (κ2) is 8.01. The van der Waals surface area contributed by atoms with E-state index in [2.05, 4.69) is 15.9 Å². The highest BCUT2D eigenvalue weighted by atomic mass is 79.9. The fourth-order valence-electron chi connectivity index (χ4n) is 6.52. The van der Waals surface area contributed by atoms with E-state index in [0.29, 0.717) is 5.57 Å². The molecule has 0 bridgehead atoms. The van der Waals surface area contributed by atoms with Crippen molar-refractivity contribution in [2.24, 2.45) is 17.8 Å². The van der Waals surface area contributed by atoms with Gasteiger partial charge in [0.25, 0.3) is 11.8 Å². The molecule has 5 rings (SSSR count). The minimum Gasteiger partial charge on any atom is -0.505 e. The molecule has 1 aromatic rings. The van der Waals surface area contributed by atoms with Crippen LogP contribution >= 0.6 is 39.1 Å². The van der Waals surface area contributed by atoms with E-state index < -0.39 is 62.3 Å². The van der Waals surface area contributed by atoms with Gasteiger partial charge in [-0.1, -0.05) is 39.7 Å². The SMILES string of the molecule is CC(C)(C)N1C(=O)[C@H]2[C@H](CC=C3[C@H]2C[C@@]2(Cl)C(=O)N(CBr)C(=O)[C@@]2(Cl)[C@H]3c2cccc(F)c2O)C1=O. The molecule has 11 heteroatoms. The van der Waals surface area contributed by atoms with Crippen LogP contribution in [0, 0.1) is 23.6 Å². The monoisotopic (exact) mass is 600 g/mol. The Balaban J connectivity index is 1.75. The predicted octanol–water partition coefficient (Wildman–Crippen LogP) is 4.04. The lowest BCUT2D eigenvalue weighted by molar-refractivity contribution is -0.146. The zero-order valence-electron chi connectivity index (χ0n) is 19.7. The molecule has 2 aliphatic heterocycles. The molecule has 4 aliphatic rings. The number of hydrogen-bond donors (Lipinski definition) is 1. The lowest BCUT2D eigenvalue weighted by atomic mass is 9.56. The van der Waals surface area contributed by atoms with Crippen LogP contribution in [0.25, 0.3) is 0 Å². The van der Waals surface area contributed by atoms with E-state index in [1.807, 2.05) is 0 Å². The Labute approximate surface area is 225 Å². The lowest BCUT2D eigenvalue weighted by Gasteiger charge is -2.50. The van der Waals surface area contributed by atoms with Gasteiger partial charge in [-0.3, -0.25) is 29.0 Å². The summed E-state index contributed by atoms with van der Waals surface area (Å²) in [4.78, 5) is 52.2. The van der Waals surface area contributed by atoms with Crippen molar-refractivity contribution in [3.05, 3.63) is 41.2 Å². The standard InChI is InChI=1S/C25H24BrCl2FN2O5/c1-23(2,3)31-19(33)12-8-7-11-14(16(12)20(31)34)9-24(27)21(35)30(10-26)22(36)25(24,28)17(11)13-5-4-6-15(29)18(13)32/h4-7,12,14,16-17,32H,8-10H2,1-3H3/t12-,14+,16-,17+,24+,25-/m0/s1. The van der Waals surface area contributed by atoms with Crippen molar-refractivity contribution >= 4 is 62.8 Å². The van der Waals surface area contributed by atoms with Crippen LogP contribution in [-0.2, 0) is 19.2 Å². The summed E-state index contributed by atoms with van der Waals surface area (Å²) in [6.07, 6.45) is 1.78. The van der Waals surface area contributed by atoms with Gasteiger partial charge in [0.2, 0.25) is 11.8 Å². The van der Waals surface area contributed by atoms with Crippen LogP contribution in [0.1, 0.15) is 45.1 Å². The summed E-state index contributed by atoms with van der Waals surface area (Å²) in [5.74, 6) is -7.27. The second-order valence-corrected chi connectivity index (χ2v) is 12.6. The number of halogens is 4. The number of likely N-dealkylation sites (tertiary alicyclic amines) is 2. The van der Waals surface area contributed by atoms with Gasteiger partial charge in [0.1, 0.15) is 0 Å². The Bertz CT molecular complexity index is 1270. The fraction of sp³-hybridized carbons (Fsp3) is 0.520. The smallest absolute Gasteiger partial charge is 0.254 e. The molecule has 2 aliphatic carbocycles. The summed E-state index contributed by atoms with van der Waals surface area (Å²) in [5, 5.41) is 10.7. The molecule has 0 aromatic heterocycles. The maximum Gasteiger partial charge on any atom is 0.254 e. The van der Waals surface area contributed by atoms with Crippen LogP contribution in [0.2, 0.25) is 0 Å². The quantitative estimate of drug-likeness (QED) is 0.239. The third-order valence-electron chi connectivity index (χ3n) is 8.01. The van der Waals surface area contributed by atoms with Crippen LogP contribution < -0.4 is 0 Å². The predicted molar refractivity (Wildman–Crippen MR) is 133 cm³/mol. The zero-order valence-corrected chi connectivity index (χ0v) is 22.8. The zero-order chi connectivity index (χ0) is 26.5. The Hall–Kier alpha value is -1.97. The molecule has 1 N–H and O–H groups in total. The maximum atomic E-state index is 14.5. The van der Waals surface area contributed by atoms with Crippen molar-refractivity contribution in [2.45, 2.75) is 54.8 Å². The number of hydrogen-bond acceptors (Lipinski definition) is 5.